The van der Waals surface area contributed by atoms with Crippen LogP contribution in [0.1, 0.15) is 10.4 Å². The third-order valence-electron chi connectivity index (χ3n) is 3.92. The van der Waals surface area contributed by atoms with Crippen LogP contribution in [0.3, 0.4) is 0 Å². The van der Waals surface area contributed by atoms with Crippen molar-refractivity contribution in [3.05, 3.63) is 74.5 Å². The Kier molecular flexibility index (Phi) is 4.69. The summed E-state index contributed by atoms with van der Waals surface area (Å²) in [5.41, 5.74) is -0.682. The molecule has 29 heavy (non-hydrogen) atoms. The van der Waals surface area contributed by atoms with Gasteiger partial charge in [0, 0.05) is 12.3 Å². The molecule has 11 heteroatoms. The molecule has 2 aromatic carbocycles. The van der Waals surface area contributed by atoms with Gasteiger partial charge in [-0.1, -0.05) is 29.3 Å². The first-order chi connectivity index (χ1) is 13.8. The molecule has 0 aliphatic rings. The summed E-state index contributed by atoms with van der Waals surface area (Å²) in [7, 11) is 0. The number of aromatic nitrogens is 4. The molecule has 2 N–H and O–H groups in total. The lowest BCUT2D eigenvalue weighted by Crippen LogP contribution is -2.14. The fourth-order valence-electron chi connectivity index (χ4n) is 2.55. The maximum Gasteiger partial charge on any atom is 0.338 e. The lowest BCUT2D eigenvalue weighted by molar-refractivity contribution is 0.0697. The third kappa shape index (κ3) is 3.53. The van der Waals surface area contributed by atoms with Gasteiger partial charge in [0.1, 0.15) is 0 Å². The van der Waals surface area contributed by atoms with Crippen molar-refractivity contribution in [2.24, 2.45) is 0 Å². The second-order valence-corrected chi connectivity index (χ2v) is 6.64. The van der Waals surface area contributed by atoms with Gasteiger partial charge in [-0.2, -0.15) is 5.10 Å². The molecule has 0 saturated carbocycles. The van der Waals surface area contributed by atoms with Gasteiger partial charge in [0.15, 0.2) is 17.3 Å². The molecule has 0 atom stereocenters. The number of nitrogens with zero attached hydrogens (tertiary/aromatic N) is 3. The number of benzene rings is 2. The number of fused-ring (bicyclic) bond motifs is 1. The minimum Gasteiger partial charge on any atom is -0.478 e. The first kappa shape index (κ1) is 18.9. The number of ether oxygens (including phenoxy) is 1. The Morgan fingerprint density at radius 1 is 1.24 bits per heavy atom. The lowest BCUT2D eigenvalue weighted by Gasteiger charge is -2.11. The number of carbonyl (C=O) groups is 1. The number of hydrogen-bond donors (Lipinski definition) is 2. The highest BCUT2D eigenvalue weighted by atomic mass is 35.5. The summed E-state index contributed by atoms with van der Waals surface area (Å²) >= 11 is 12.1. The van der Waals surface area contributed by atoms with Crippen LogP contribution in [0, 0.1) is 5.82 Å². The van der Waals surface area contributed by atoms with E-state index in [-0.39, 0.29) is 44.0 Å². The number of halogens is 3. The number of aromatic amines is 1. The van der Waals surface area contributed by atoms with Crippen LogP contribution in [0.25, 0.3) is 16.9 Å². The average Bonchev–Trinajstić information content (AvgIpc) is 3.16. The first-order valence-corrected chi connectivity index (χ1v) is 8.73. The van der Waals surface area contributed by atoms with Crippen LogP contribution in [0.4, 0.5) is 4.39 Å². The Labute approximate surface area is 171 Å². The van der Waals surface area contributed by atoms with Gasteiger partial charge in [0.2, 0.25) is 5.95 Å². The van der Waals surface area contributed by atoms with Crippen molar-refractivity contribution in [1.29, 1.82) is 0 Å². The Morgan fingerprint density at radius 3 is 2.62 bits per heavy atom. The molecule has 4 aromatic rings. The Bertz CT molecular complexity index is 1320. The van der Waals surface area contributed by atoms with Gasteiger partial charge in [-0.25, -0.2) is 18.9 Å². The highest BCUT2D eigenvalue weighted by Crippen LogP contribution is 2.37. The van der Waals surface area contributed by atoms with E-state index < -0.39 is 17.3 Å². The number of para-hydroxylation sites is 1. The summed E-state index contributed by atoms with van der Waals surface area (Å²) in [6.45, 7) is 0. The van der Waals surface area contributed by atoms with Crippen LogP contribution < -0.4 is 10.3 Å². The van der Waals surface area contributed by atoms with Crippen LogP contribution in [0.5, 0.6) is 11.5 Å². The Morgan fingerprint density at radius 2 is 1.97 bits per heavy atom. The number of carboxylic acid groups (broad SMARTS) is 1. The monoisotopic (exact) mass is 434 g/mol. The van der Waals surface area contributed by atoms with Gasteiger partial charge >= 0.3 is 5.97 Å². The van der Waals surface area contributed by atoms with Crippen molar-refractivity contribution < 1.29 is 19.0 Å². The van der Waals surface area contributed by atoms with Crippen molar-refractivity contribution in [2.45, 2.75) is 0 Å². The molecular formula is C18H9Cl2FN4O4. The molecule has 0 bridgehead atoms. The molecule has 2 heterocycles. The predicted molar refractivity (Wildman–Crippen MR) is 103 cm³/mol. The maximum absolute atomic E-state index is 14.6. The molecule has 0 spiro atoms. The molecule has 2 aromatic heterocycles. The lowest BCUT2D eigenvalue weighted by atomic mass is 10.2. The number of nitrogens with one attached hydrogen (secondary N) is 1. The molecule has 0 fully saturated rings. The van der Waals surface area contributed by atoms with E-state index in [2.05, 4.69) is 15.1 Å². The van der Waals surface area contributed by atoms with E-state index in [0.717, 1.165) is 16.9 Å². The van der Waals surface area contributed by atoms with Crippen molar-refractivity contribution >= 4 is 40.1 Å². The third-order valence-corrected chi connectivity index (χ3v) is 4.52. The SMILES string of the molecule is O=C(O)c1cnn(-c2nc3cc(F)c(Oc4c(Cl)cccc4Cl)cc3c(=O)[nH]2)c1. The van der Waals surface area contributed by atoms with E-state index in [9.17, 15) is 14.0 Å². The Hall–Kier alpha value is -3.43. The predicted octanol–water partition coefficient (Wildman–Crippen LogP) is 4.05. The van der Waals surface area contributed by atoms with Gasteiger partial charge < -0.3 is 9.84 Å². The van der Waals surface area contributed by atoms with E-state index in [4.69, 9.17) is 33.0 Å². The summed E-state index contributed by atoms with van der Waals surface area (Å²) < 4.78 is 21.1. The summed E-state index contributed by atoms with van der Waals surface area (Å²) in [5, 5.41) is 13.2. The number of hydrogen-bond acceptors (Lipinski definition) is 5. The van der Waals surface area contributed by atoms with E-state index in [0.29, 0.717) is 0 Å². The molecule has 4 rings (SSSR count). The van der Waals surface area contributed by atoms with E-state index >= 15 is 0 Å². The second-order valence-electron chi connectivity index (χ2n) is 5.82. The van der Waals surface area contributed by atoms with Crippen LogP contribution in [0.15, 0.2) is 47.5 Å². The fraction of sp³-hybridized carbons (Fsp3) is 0. The van der Waals surface area contributed by atoms with Crippen LogP contribution in [-0.2, 0) is 0 Å². The molecule has 146 valence electrons. The van der Waals surface area contributed by atoms with Crippen LogP contribution in [0.2, 0.25) is 10.0 Å². The van der Waals surface area contributed by atoms with Crippen molar-refractivity contribution in [3.63, 3.8) is 0 Å². The Balaban J connectivity index is 1.79. The van der Waals surface area contributed by atoms with E-state index in [1.807, 2.05) is 0 Å². The molecule has 0 radical (unpaired) electrons. The largest absolute Gasteiger partial charge is 0.478 e. The molecule has 0 amide bonds. The van der Waals surface area contributed by atoms with Gasteiger partial charge in [-0.05, 0) is 18.2 Å². The minimum absolute atomic E-state index is 0.0197. The van der Waals surface area contributed by atoms with E-state index in [1.165, 1.54) is 24.4 Å². The number of H-pyrrole nitrogens is 1. The zero-order valence-electron chi connectivity index (χ0n) is 14.2. The van der Waals surface area contributed by atoms with Crippen molar-refractivity contribution in [3.8, 4) is 17.4 Å². The van der Waals surface area contributed by atoms with Gasteiger partial charge in [0.05, 0.1) is 32.7 Å². The molecular weight excluding hydrogens is 426 g/mol. The quantitative estimate of drug-likeness (QED) is 0.501. The average molecular weight is 435 g/mol. The topological polar surface area (TPSA) is 110 Å². The first-order valence-electron chi connectivity index (χ1n) is 7.97. The zero-order chi connectivity index (χ0) is 20.7. The second kappa shape index (κ2) is 7.19. The van der Waals surface area contributed by atoms with Crippen LogP contribution in [-0.4, -0.2) is 30.8 Å². The smallest absolute Gasteiger partial charge is 0.338 e. The summed E-state index contributed by atoms with van der Waals surface area (Å²) in [5.74, 6) is -2.28. The molecule has 0 unspecified atom stereocenters. The van der Waals surface area contributed by atoms with Gasteiger partial charge in [0.25, 0.3) is 5.56 Å². The highest BCUT2D eigenvalue weighted by molar-refractivity contribution is 6.37. The normalized spacial score (nSPS) is 11.0. The molecule has 0 saturated heterocycles. The fourth-order valence-corrected chi connectivity index (χ4v) is 3.03. The highest BCUT2D eigenvalue weighted by Gasteiger charge is 2.16. The summed E-state index contributed by atoms with van der Waals surface area (Å²) in [6, 6.07) is 6.84. The van der Waals surface area contributed by atoms with Crippen LogP contribution >= 0.6 is 23.2 Å². The molecule has 0 aliphatic heterocycles. The molecule has 8 nitrogen and oxygen atoms in total. The summed E-state index contributed by atoms with van der Waals surface area (Å²) in [4.78, 5) is 30.0. The molecule has 0 aliphatic carbocycles. The maximum atomic E-state index is 14.6. The minimum atomic E-state index is -1.19. The van der Waals surface area contributed by atoms with Gasteiger partial charge in [-0.3, -0.25) is 9.78 Å². The van der Waals surface area contributed by atoms with Crippen molar-refractivity contribution in [1.82, 2.24) is 19.7 Å². The van der Waals surface area contributed by atoms with Gasteiger partial charge in [-0.15, -0.1) is 0 Å². The van der Waals surface area contributed by atoms with E-state index in [1.54, 1.807) is 6.07 Å². The zero-order valence-corrected chi connectivity index (χ0v) is 15.7. The number of carboxylic acids is 1. The van der Waals surface area contributed by atoms with Crippen molar-refractivity contribution in [2.75, 3.05) is 0 Å². The number of rotatable bonds is 4. The number of aromatic carboxylic acids is 1. The summed E-state index contributed by atoms with van der Waals surface area (Å²) in [6.07, 6.45) is 2.26. The standard InChI is InChI=1S/C18H9Cl2FN4O4/c19-10-2-1-3-11(20)15(10)29-14-4-9-13(5-12(14)21)23-18(24-16(9)26)25-7-8(6-22-25)17(27)28/h1-7H,(H,27,28)(H,23,24,26).